The number of hydrogen-bond donors (Lipinski definition) is 2. The summed E-state index contributed by atoms with van der Waals surface area (Å²) in [5.74, 6) is 0.831. The molecule has 0 aromatic rings. The molecule has 0 heterocycles. The minimum absolute atomic E-state index is 0.314. The topological polar surface area (TPSA) is 32.3 Å². The fourth-order valence-electron chi connectivity index (χ4n) is 1.99. The molecule has 0 unspecified atom stereocenters. The van der Waals surface area contributed by atoms with E-state index in [1.54, 1.807) is 0 Å². The molecule has 0 bridgehead atoms. The molecule has 1 saturated carbocycles. The molecule has 1 aliphatic rings. The Balaban J connectivity index is 2.11. The Bertz CT molecular complexity index is 116. The predicted octanol–water partition coefficient (Wildman–Crippen LogP) is 1.54. The first-order valence-electron chi connectivity index (χ1n) is 5.19. The summed E-state index contributed by atoms with van der Waals surface area (Å²) in [6.45, 7) is 3.62. The van der Waals surface area contributed by atoms with E-state index in [0.29, 0.717) is 12.6 Å². The van der Waals surface area contributed by atoms with Crippen LogP contribution in [0.25, 0.3) is 0 Å². The van der Waals surface area contributed by atoms with Crippen LogP contribution in [0, 0.1) is 5.92 Å². The Kier molecular flexibility index (Phi) is 4.62. The van der Waals surface area contributed by atoms with Gasteiger partial charge in [0.05, 0.1) is 0 Å². The van der Waals surface area contributed by atoms with E-state index in [1.165, 1.54) is 25.7 Å². The summed E-state index contributed by atoms with van der Waals surface area (Å²) in [6, 6.07) is 0.713. The van der Waals surface area contributed by atoms with E-state index in [2.05, 4.69) is 12.2 Å². The Labute approximate surface area is 75.4 Å². The number of nitrogens with one attached hydrogen (secondary N) is 1. The molecule has 0 saturated heterocycles. The third-order valence-electron chi connectivity index (χ3n) is 2.85. The van der Waals surface area contributed by atoms with E-state index in [1.807, 2.05) is 0 Å². The molecule has 0 aliphatic heterocycles. The van der Waals surface area contributed by atoms with Gasteiger partial charge in [0.15, 0.2) is 0 Å². The molecule has 1 rings (SSSR count). The van der Waals surface area contributed by atoms with Crippen molar-refractivity contribution in [2.75, 3.05) is 13.2 Å². The first-order valence-corrected chi connectivity index (χ1v) is 5.19. The van der Waals surface area contributed by atoms with E-state index < -0.39 is 0 Å². The Morgan fingerprint density at radius 3 is 2.75 bits per heavy atom. The molecule has 1 fully saturated rings. The average molecular weight is 171 g/mol. The number of rotatable bonds is 4. The Hall–Kier alpha value is -0.0800. The lowest BCUT2D eigenvalue weighted by Crippen LogP contribution is -2.37. The van der Waals surface area contributed by atoms with Gasteiger partial charge < -0.3 is 10.4 Å². The third kappa shape index (κ3) is 3.11. The highest BCUT2D eigenvalue weighted by Crippen LogP contribution is 2.23. The van der Waals surface area contributed by atoms with Gasteiger partial charge in [-0.15, -0.1) is 0 Å². The van der Waals surface area contributed by atoms with Crippen molar-refractivity contribution < 1.29 is 5.11 Å². The molecule has 0 aromatic carbocycles. The van der Waals surface area contributed by atoms with E-state index in [0.717, 1.165) is 18.9 Å². The van der Waals surface area contributed by atoms with Crippen LogP contribution in [0.3, 0.4) is 0 Å². The normalized spacial score (nSPS) is 30.5. The minimum Gasteiger partial charge on any atom is -0.396 e. The molecule has 0 amide bonds. The monoisotopic (exact) mass is 171 g/mol. The van der Waals surface area contributed by atoms with E-state index in [-0.39, 0.29) is 0 Å². The van der Waals surface area contributed by atoms with Gasteiger partial charge in [-0.25, -0.2) is 0 Å². The van der Waals surface area contributed by atoms with Crippen LogP contribution >= 0.6 is 0 Å². The number of aliphatic hydroxyl groups is 1. The highest BCUT2D eigenvalue weighted by atomic mass is 16.3. The summed E-state index contributed by atoms with van der Waals surface area (Å²) in [7, 11) is 0. The van der Waals surface area contributed by atoms with E-state index in [9.17, 15) is 0 Å². The highest BCUT2D eigenvalue weighted by Gasteiger charge is 2.19. The van der Waals surface area contributed by atoms with Crippen LogP contribution in [0.5, 0.6) is 0 Å². The van der Waals surface area contributed by atoms with Crippen LogP contribution < -0.4 is 5.32 Å². The van der Waals surface area contributed by atoms with Crippen LogP contribution in [-0.2, 0) is 0 Å². The molecule has 2 heteroatoms. The van der Waals surface area contributed by atoms with Crippen molar-refractivity contribution in [3.8, 4) is 0 Å². The lowest BCUT2D eigenvalue weighted by Gasteiger charge is -2.29. The maximum atomic E-state index is 8.62. The zero-order chi connectivity index (χ0) is 8.81. The smallest absolute Gasteiger partial charge is 0.0443 e. The Morgan fingerprint density at radius 2 is 2.08 bits per heavy atom. The third-order valence-corrected chi connectivity index (χ3v) is 2.85. The van der Waals surface area contributed by atoms with Crippen molar-refractivity contribution in [2.24, 2.45) is 5.92 Å². The standard InChI is InChI=1S/C10H21NO/c1-9-5-2-3-6-10(9)11-7-4-8-12/h9-12H,2-8H2,1H3/t9-,10-/m1/s1. The second-order valence-electron chi connectivity index (χ2n) is 3.90. The Morgan fingerprint density at radius 1 is 1.33 bits per heavy atom. The van der Waals surface area contributed by atoms with Gasteiger partial charge in [-0.3, -0.25) is 0 Å². The van der Waals surface area contributed by atoms with Gasteiger partial charge in [0.2, 0.25) is 0 Å². The van der Waals surface area contributed by atoms with Crippen molar-refractivity contribution in [2.45, 2.75) is 45.1 Å². The lowest BCUT2D eigenvalue weighted by atomic mass is 9.86. The first kappa shape index (κ1) is 10.0. The van der Waals surface area contributed by atoms with Crippen LogP contribution in [0.4, 0.5) is 0 Å². The van der Waals surface area contributed by atoms with Gasteiger partial charge >= 0.3 is 0 Å². The molecule has 72 valence electrons. The minimum atomic E-state index is 0.314. The average Bonchev–Trinajstić information content (AvgIpc) is 2.09. The highest BCUT2D eigenvalue weighted by molar-refractivity contribution is 4.77. The van der Waals surface area contributed by atoms with Crippen LogP contribution in [-0.4, -0.2) is 24.3 Å². The fraction of sp³-hybridized carbons (Fsp3) is 1.00. The summed E-state index contributed by atoms with van der Waals surface area (Å²) in [4.78, 5) is 0. The zero-order valence-electron chi connectivity index (χ0n) is 8.05. The van der Waals surface area contributed by atoms with Crippen molar-refractivity contribution >= 4 is 0 Å². The molecule has 12 heavy (non-hydrogen) atoms. The maximum Gasteiger partial charge on any atom is 0.0443 e. The van der Waals surface area contributed by atoms with Gasteiger partial charge in [-0.1, -0.05) is 19.8 Å². The molecule has 2 atom stereocenters. The second kappa shape index (κ2) is 5.55. The van der Waals surface area contributed by atoms with E-state index >= 15 is 0 Å². The van der Waals surface area contributed by atoms with Crippen LogP contribution in [0.1, 0.15) is 39.0 Å². The van der Waals surface area contributed by atoms with Crippen molar-refractivity contribution in [3.63, 3.8) is 0 Å². The summed E-state index contributed by atoms with van der Waals surface area (Å²) in [6.07, 6.45) is 6.37. The lowest BCUT2D eigenvalue weighted by molar-refractivity contribution is 0.255. The molecule has 0 radical (unpaired) electrons. The van der Waals surface area contributed by atoms with Crippen LogP contribution in [0.2, 0.25) is 0 Å². The van der Waals surface area contributed by atoms with Gasteiger partial charge in [-0.05, 0) is 31.7 Å². The van der Waals surface area contributed by atoms with Gasteiger partial charge in [0.25, 0.3) is 0 Å². The van der Waals surface area contributed by atoms with Crippen molar-refractivity contribution in [3.05, 3.63) is 0 Å². The van der Waals surface area contributed by atoms with Crippen molar-refractivity contribution in [1.29, 1.82) is 0 Å². The fourth-order valence-corrected chi connectivity index (χ4v) is 1.99. The van der Waals surface area contributed by atoms with Crippen LogP contribution in [0.15, 0.2) is 0 Å². The second-order valence-corrected chi connectivity index (χ2v) is 3.90. The van der Waals surface area contributed by atoms with Crippen molar-refractivity contribution in [1.82, 2.24) is 5.32 Å². The predicted molar refractivity (Wildman–Crippen MR) is 51.1 cm³/mol. The molecule has 2 N–H and O–H groups in total. The maximum absolute atomic E-state index is 8.62. The zero-order valence-corrected chi connectivity index (χ0v) is 8.05. The quantitative estimate of drug-likeness (QED) is 0.629. The van der Waals surface area contributed by atoms with E-state index in [4.69, 9.17) is 5.11 Å². The number of hydrogen-bond acceptors (Lipinski definition) is 2. The molecule has 0 aromatic heterocycles. The molecular formula is C10H21NO. The van der Waals surface area contributed by atoms with Gasteiger partial charge in [0, 0.05) is 12.6 Å². The molecule has 2 nitrogen and oxygen atoms in total. The first-order chi connectivity index (χ1) is 5.84. The largest absolute Gasteiger partial charge is 0.396 e. The summed E-state index contributed by atoms with van der Waals surface area (Å²) < 4.78 is 0. The van der Waals surface area contributed by atoms with Gasteiger partial charge in [0.1, 0.15) is 0 Å². The summed E-state index contributed by atoms with van der Waals surface area (Å²) in [5, 5.41) is 12.1. The molecular weight excluding hydrogens is 150 g/mol. The SMILES string of the molecule is C[C@@H]1CCCC[C@H]1NCCCO. The summed E-state index contributed by atoms with van der Waals surface area (Å²) in [5.41, 5.74) is 0. The molecule has 1 aliphatic carbocycles. The number of aliphatic hydroxyl groups excluding tert-OH is 1. The van der Waals surface area contributed by atoms with Gasteiger partial charge in [-0.2, -0.15) is 0 Å². The molecule has 0 spiro atoms. The summed E-state index contributed by atoms with van der Waals surface area (Å²) >= 11 is 0.